The maximum Gasteiger partial charge on any atom is 0.410 e. The number of nitrogens with one attached hydrogen (secondary N) is 1. The molecule has 0 aliphatic carbocycles. The van der Waals surface area contributed by atoms with Gasteiger partial charge in [0.25, 0.3) is 0 Å². The second-order valence-electron chi connectivity index (χ2n) is 6.86. The van der Waals surface area contributed by atoms with Crippen LogP contribution >= 0.6 is 0 Å². The molecule has 0 spiro atoms. The third-order valence-electron chi connectivity index (χ3n) is 4.11. The van der Waals surface area contributed by atoms with Gasteiger partial charge in [-0.25, -0.2) is 4.79 Å². The molecule has 1 atom stereocenters. The summed E-state index contributed by atoms with van der Waals surface area (Å²) >= 11 is 0. The second kappa shape index (κ2) is 6.12. The Morgan fingerprint density at radius 2 is 1.84 bits per heavy atom. The van der Waals surface area contributed by atoms with Gasteiger partial charge in [-0.3, -0.25) is 0 Å². The van der Waals surface area contributed by atoms with E-state index in [1.54, 1.807) is 0 Å². The van der Waals surface area contributed by atoms with E-state index < -0.39 is 5.60 Å². The van der Waals surface area contributed by atoms with E-state index in [2.05, 4.69) is 5.32 Å². The molecule has 0 aromatic carbocycles. The summed E-state index contributed by atoms with van der Waals surface area (Å²) in [5.41, 5.74) is -0.390. The molecule has 0 unspecified atom stereocenters. The van der Waals surface area contributed by atoms with Gasteiger partial charge in [0.2, 0.25) is 0 Å². The summed E-state index contributed by atoms with van der Waals surface area (Å²) in [5, 5.41) is 3.64. The number of carbonyl (C=O) groups excluding carboxylic acids is 1. The number of hydrogen-bond acceptors (Lipinski definition) is 3. The summed E-state index contributed by atoms with van der Waals surface area (Å²) < 4.78 is 5.43. The highest BCUT2D eigenvalue weighted by Crippen LogP contribution is 2.26. The average molecular weight is 268 g/mol. The number of piperidine rings is 2. The molecule has 4 heteroatoms. The first-order valence-electron chi connectivity index (χ1n) is 7.67. The quantitative estimate of drug-likeness (QED) is 0.795. The number of rotatable bonds is 1. The van der Waals surface area contributed by atoms with Gasteiger partial charge in [0.05, 0.1) is 0 Å². The number of likely N-dealkylation sites (tertiary alicyclic amines) is 1. The van der Waals surface area contributed by atoms with Crippen molar-refractivity contribution in [3.05, 3.63) is 0 Å². The average Bonchev–Trinajstić information content (AvgIpc) is 2.38. The zero-order valence-corrected chi connectivity index (χ0v) is 12.6. The van der Waals surface area contributed by atoms with Crippen LogP contribution in [0.5, 0.6) is 0 Å². The molecule has 2 heterocycles. The molecular weight excluding hydrogens is 240 g/mol. The van der Waals surface area contributed by atoms with E-state index in [-0.39, 0.29) is 6.09 Å². The normalized spacial score (nSPS) is 26.3. The fourth-order valence-corrected chi connectivity index (χ4v) is 3.09. The Kier molecular flexibility index (Phi) is 4.71. The summed E-state index contributed by atoms with van der Waals surface area (Å²) in [6.07, 6.45) is 6.03. The van der Waals surface area contributed by atoms with Crippen molar-refractivity contribution < 1.29 is 9.53 Å². The predicted molar refractivity (Wildman–Crippen MR) is 76.2 cm³/mol. The predicted octanol–water partition coefficient (Wildman–Crippen LogP) is 2.78. The van der Waals surface area contributed by atoms with E-state index in [1.807, 2.05) is 25.7 Å². The highest BCUT2D eigenvalue weighted by Gasteiger charge is 2.30. The first-order chi connectivity index (χ1) is 8.96. The molecular formula is C15H28N2O2. The van der Waals surface area contributed by atoms with Gasteiger partial charge in [0, 0.05) is 19.1 Å². The minimum absolute atomic E-state index is 0.150. The van der Waals surface area contributed by atoms with Crippen molar-refractivity contribution in [2.75, 3.05) is 19.6 Å². The Labute approximate surface area is 116 Å². The Morgan fingerprint density at radius 3 is 2.37 bits per heavy atom. The van der Waals surface area contributed by atoms with E-state index in [9.17, 15) is 4.79 Å². The molecule has 0 saturated carbocycles. The van der Waals surface area contributed by atoms with Crippen LogP contribution in [0.15, 0.2) is 0 Å². The van der Waals surface area contributed by atoms with Crippen LogP contribution in [0.2, 0.25) is 0 Å². The lowest BCUT2D eigenvalue weighted by molar-refractivity contribution is 0.0164. The Hall–Kier alpha value is -0.770. The third kappa shape index (κ3) is 4.37. The van der Waals surface area contributed by atoms with Gasteiger partial charge in [0.15, 0.2) is 0 Å². The first kappa shape index (κ1) is 14.6. The molecule has 1 N–H and O–H groups in total. The molecule has 0 bridgehead atoms. The molecule has 110 valence electrons. The van der Waals surface area contributed by atoms with Crippen molar-refractivity contribution in [1.82, 2.24) is 10.2 Å². The summed E-state index contributed by atoms with van der Waals surface area (Å²) in [5.74, 6) is 0.735. The maximum absolute atomic E-state index is 12.0. The maximum atomic E-state index is 12.0. The number of hydrogen-bond donors (Lipinski definition) is 1. The zero-order valence-electron chi connectivity index (χ0n) is 12.6. The molecule has 2 fully saturated rings. The number of amides is 1. The largest absolute Gasteiger partial charge is 0.444 e. The summed E-state index contributed by atoms with van der Waals surface area (Å²) in [6.45, 7) is 8.61. The molecule has 0 aromatic heterocycles. The lowest BCUT2D eigenvalue weighted by atomic mass is 9.85. The second-order valence-corrected chi connectivity index (χ2v) is 6.86. The van der Waals surface area contributed by atoms with Crippen molar-refractivity contribution in [2.24, 2.45) is 5.92 Å². The topological polar surface area (TPSA) is 41.6 Å². The summed E-state index contributed by atoms with van der Waals surface area (Å²) in [4.78, 5) is 13.9. The van der Waals surface area contributed by atoms with Gasteiger partial charge in [-0.15, -0.1) is 0 Å². The van der Waals surface area contributed by atoms with E-state index >= 15 is 0 Å². The Balaban J connectivity index is 1.77. The van der Waals surface area contributed by atoms with E-state index in [1.165, 1.54) is 19.3 Å². The van der Waals surface area contributed by atoms with Gasteiger partial charge >= 0.3 is 6.09 Å². The minimum atomic E-state index is -0.390. The molecule has 0 aromatic rings. The van der Waals surface area contributed by atoms with E-state index in [4.69, 9.17) is 4.74 Å². The molecule has 0 radical (unpaired) electrons. The minimum Gasteiger partial charge on any atom is -0.444 e. The highest BCUT2D eigenvalue weighted by molar-refractivity contribution is 5.68. The van der Waals surface area contributed by atoms with Crippen molar-refractivity contribution in [1.29, 1.82) is 0 Å². The first-order valence-corrected chi connectivity index (χ1v) is 7.67. The molecule has 2 aliphatic heterocycles. The molecule has 19 heavy (non-hydrogen) atoms. The van der Waals surface area contributed by atoms with Crippen LogP contribution in [0.4, 0.5) is 4.79 Å². The van der Waals surface area contributed by atoms with Crippen LogP contribution in [-0.4, -0.2) is 42.3 Å². The van der Waals surface area contributed by atoms with Crippen LogP contribution in [0.3, 0.4) is 0 Å². The highest BCUT2D eigenvalue weighted by atomic mass is 16.6. The van der Waals surface area contributed by atoms with Crippen LogP contribution in [0, 0.1) is 5.92 Å². The number of ether oxygens (including phenoxy) is 1. The van der Waals surface area contributed by atoms with Crippen molar-refractivity contribution in [2.45, 2.75) is 64.5 Å². The summed E-state index contributed by atoms with van der Waals surface area (Å²) in [7, 11) is 0. The lowest BCUT2D eigenvalue weighted by Crippen LogP contribution is -2.47. The fraction of sp³-hybridized carbons (Fsp3) is 0.933. The zero-order chi connectivity index (χ0) is 13.9. The van der Waals surface area contributed by atoms with Crippen LogP contribution < -0.4 is 5.32 Å². The molecule has 4 nitrogen and oxygen atoms in total. The van der Waals surface area contributed by atoms with Gasteiger partial charge in [-0.2, -0.15) is 0 Å². The standard InChI is InChI=1S/C15H28N2O2/c1-15(2,3)19-14(18)17-10-7-12(8-11-17)13-6-4-5-9-16-13/h12-13,16H,4-11H2,1-3H3/t13-/m1/s1. The molecule has 1 amide bonds. The smallest absolute Gasteiger partial charge is 0.410 e. The van der Waals surface area contributed by atoms with E-state index in [0.29, 0.717) is 6.04 Å². The van der Waals surface area contributed by atoms with Gasteiger partial charge in [-0.05, 0) is 58.9 Å². The van der Waals surface area contributed by atoms with Crippen molar-refractivity contribution in [3.8, 4) is 0 Å². The van der Waals surface area contributed by atoms with Crippen molar-refractivity contribution >= 4 is 6.09 Å². The van der Waals surface area contributed by atoms with Crippen molar-refractivity contribution in [3.63, 3.8) is 0 Å². The monoisotopic (exact) mass is 268 g/mol. The van der Waals surface area contributed by atoms with Gasteiger partial charge in [0.1, 0.15) is 5.60 Å². The molecule has 2 aliphatic rings. The van der Waals surface area contributed by atoms with Crippen LogP contribution in [0.1, 0.15) is 52.9 Å². The number of nitrogens with zero attached hydrogens (tertiary/aromatic N) is 1. The van der Waals surface area contributed by atoms with Crippen LogP contribution in [-0.2, 0) is 4.74 Å². The SMILES string of the molecule is CC(C)(C)OC(=O)N1CCC([C@H]2CCCCN2)CC1. The Morgan fingerprint density at radius 1 is 1.16 bits per heavy atom. The molecule has 2 rings (SSSR count). The summed E-state index contributed by atoms with van der Waals surface area (Å²) in [6, 6.07) is 0.675. The van der Waals surface area contributed by atoms with Gasteiger partial charge < -0.3 is 15.0 Å². The van der Waals surface area contributed by atoms with Crippen LogP contribution in [0.25, 0.3) is 0 Å². The number of carbonyl (C=O) groups is 1. The van der Waals surface area contributed by atoms with E-state index in [0.717, 1.165) is 38.4 Å². The third-order valence-corrected chi connectivity index (χ3v) is 4.11. The molecule has 2 saturated heterocycles. The lowest BCUT2D eigenvalue weighted by Gasteiger charge is -2.38. The Bertz CT molecular complexity index is 298. The fourth-order valence-electron chi connectivity index (χ4n) is 3.09. The van der Waals surface area contributed by atoms with Gasteiger partial charge in [-0.1, -0.05) is 6.42 Å².